The molecule has 0 bridgehead atoms. The van der Waals surface area contributed by atoms with Crippen LogP contribution in [0.5, 0.6) is 11.5 Å². The van der Waals surface area contributed by atoms with E-state index in [1.54, 1.807) is 37.4 Å². The first-order valence-electron chi connectivity index (χ1n) is 9.95. The highest BCUT2D eigenvalue weighted by molar-refractivity contribution is 6.02. The number of nitrogens with zero attached hydrogens (tertiary/aromatic N) is 1. The zero-order valence-electron chi connectivity index (χ0n) is 17.5. The fourth-order valence-electron chi connectivity index (χ4n) is 3.96. The molecule has 2 N–H and O–H groups in total. The lowest BCUT2D eigenvalue weighted by Crippen LogP contribution is -2.50. The highest BCUT2D eigenvalue weighted by Gasteiger charge is 2.43. The quantitative estimate of drug-likeness (QED) is 0.633. The Morgan fingerprint density at radius 2 is 1.97 bits per heavy atom. The van der Waals surface area contributed by atoms with E-state index in [0.29, 0.717) is 29.0 Å². The van der Waals surface area contributed by atoms with E-state index in [-0.39, 0.29) is 23.5 Å². The Hall–Kier alpha value is -3.94. The molecule has 1 aliphatic rings. The molecule has 0 unspecified atom stereocenters. The molecule has 0 fully saturated rings. The second-order valence-corrected chi connectivity index (χ2v) is 7.46. The van der Waals surface area contributed by atoms with Gasteiger partial charge in [0, 0.05) is 12.6 Å². The maximum absolute atomic E-state index is 14.6. The minimum atomic E-state index is -1.22. The molecule has 8 heteroatoms. The number of para-hydroxylation sites is 1. The van der Waals surface area contributed by atoms with Gasteiger partial charge >= 0.3 is 5.97 Å². The van der Waals surface area contributed by atoms with Crippen molar-refractivity contribution in [2.75, 3.05) is 13.7 Å². The van der Waals surface area contributed by atoms with Crippen molar-refractivity contribution < 1.29 is 28.6 Å². The van der Waals surface area contributed by atoms with Crippen molar-refractivity contribution in [3.63, 3.8) is 0 Å². The molecule has 0 radical (unpaired) electrons. The Morgan fingerprint density at radius 3 is 2.69 bits per heavy atom. The van der Waals surface area contributed by atoms with Gasteiger partial charge in [0.1, 0.15) is 34.1 Å². The van der Waals surface area contributed by atoms with E-state index < -0.39 is 23.2 Å². The third-order valence-electron chi connectivity index (χ3n) is 5.60. The maximum atomic E-state index is 14.6. The number of carbonyl (C=O) groups excluding carboxylic acids is 1. The monoisotopic (exact) mass is 436 g/mol. The summed E-state index contributed by atoms with van der Waals surface area (Å²) in [5.41, 5.74) is 0.135. The number of methoxy groups -OCH3 is 1. The van der Waals surface area contributed by atoms with Gasteiger partial charge in [-0.2, -0.15) is 0 Å². The lowest BCUT2D eigenvalue weighted by atomic mass is 9.80. The van der Waals surface area contributed by atoms with E-state index in [2.05, 4.69) is 10.3 Å². The first-order valence-corrected chi connectivity index (χ1v) is 9.95. The molecule has 0 saturated carbocycles. The molecular weight excluding hydrogens is 415 g/mol. The summed E-state index contributed by atoms with van der Waals surface area (Å²) in [4.78, 5) is 29.5. The zero-order valence-corrected chi connectivity index (χ0v) is 17.5. The molecule has 32 heavy (non-hydrogen) atoms. The molecule has 0 saturated heterocycles. The normalized spacial score (nSPS) is 17.1. The number of fused-ring (bicyclic) bond motifs is 1. The van der Waals surface area contributed by atoms with Gasteiger partial charge in [0.2, 0.25) is 0 Å². The van der Waals surface area contributed by atoms with Crippen LogP contribution in [0.25, 0.3) is 0 Å². The Bertz CT molecular complexity index is 1210. The second-order valence-electron chi connectivity index (χ2n) is 7.46. The van der Waals surface area contributed by atoms with Gasteiger partial charge in [-0.05, 0) is 48.4 Å². The highest BCUT2D eigenvalue weighted by atomic mass is 19.1. The number of amides is 1. The van der Waals surface area contributed by atoms with Gasteiger partial charge in [-0.3, -0.25) is 9.78 Å². The van der Waals surface area contributed by atoms with Crippen LogP contribution in [0.1, 0.15) is 44.0 Å². The number of aromatic nitrogens is 1. The van der Waals surface area contributed by atoms with Gasteiger partial charge in [0.05, 0.1) is 19.3 Å². The van der Waals surface area contributed by atoms with Crippen LogP contribution in [0.3, 0.4) is 0 Å². The summed E-state index contributed by atoms with van der Waals surface area (Å²) in [6, 6.07) is 12.5. The van der Waals surface area contributed by atoms with Crippen LogP contribution >= 0.6 is 0 Å². The van der Waals surface area contributed by atoms with E-state index in [0.717, 1.165) is 0 Å². The summed E-state index contributed by atoms with van der Waals surface area (Å²) < 4.78 is 25.5. The smallest absolute Gasteiger partial charge is 0.339 e. The minimum Gasteiger partial charge on any atom is -0.495 e. The first-order chi connectivity index (χ1) is 15.4. The third-order valence-corrected chi connectivity index (χ3v) is 5.60. The molecule has 1 aliphatic heterocycles. The molecule has 1 aromatic heterocycles. The molecule has 2 heterocycles. The predicted octanol–water partition coefficient (Wildman–Crippen LogP) is 3.69. The van der Waals surface area contributed by atoms with Crippen molar-refractivity contribution in [2.24, 2.45) is 0 Å². The van der Waals surface area contributed by atoms with E-state index in [1.165, 1.54) is 31.4 Å². The molecule has 7 nitrogen and oxygen atoms in total. The van der Waals surface area contributed by atoms with Crippen molar-refractivity contribution in [3.8, 4) is 11.5 Å². The molecule has 1 atom stereocenters. The standard InChI is InChI=1S/C24H21FN2O5/c1-14-8-9-15(13-18(14)25)24(10-12-32-19-7-4-11-26-21(19)24)27-22(28)16-5-3-6-17(23(29)30)20(16)31-2/h3-9,11,13H,10,12H2,1-2H3,(H,27,28)(H,29,30)/t24-/m0/s1. The number of aromatic carboxylic acids is 1. The Labute approximate surface area is 183 Å². The third kappa shape index (κ3) is 3.53. The molecule has 0 spiro atoms. The SMILES string of the molecule is COc1c(C(=O)O)cccc1C(=O)N[C@]1(c2ccc(C)c(F)c2)CCOc2cccnc21. The first kappa shape index (κ1) is 21.3. The largest absolute Gasteiger partial charge is 0.495 e. The summed E-state index contributed by atoms with van der Waals surface area (Å²) in [6.45, 7) is 1.92. The van der Waals surface area contributed by atoms with Crippen molar-refractivity contribution in [1.82, 2.24) is 10.3 Å². The average Bonchev–Trinajstić information content (AvgIpc) is 2.80. The molecule has 3 aromatic rings. The van der Waals surface area contributed by atoms with Crippen LogP contribution in [0.15, 0.2) is 54.7 Å². The van der Waals surface area contributed by atoms with Gasteiger partial charge in [0.15, 0.2) is 0 Å². The van der Waals surface area contributed by atoms with Gasteiger partial charge in [0.25, 0.3) is 5.91 Å². The fourth-order valence-corrected chi connectivity index (χ4v) is 3.96. The van der Waals surface area contributed by atoms with Crippen molar-refractivity contribution in [2.45, 2.75) is 18.9 Å². The summed E-state index contributed by atoms with van der Waals surface area (Å²) in [5, 5.41) is 12.4. The number of carboxylic acid groups (broad SMARTS) is 1. The van der Waals surface area contributed by atoms with Crippen LogP contribution in [-0.4, -0.2) is 35.7 Å². The van der Waals surface area contributed by atoms with E-state index in [1.807, 2.05) is 0 Å². The summed E-state index contributed by atoms with van der Waals surface area (Å²) >= 11 is 0. The predicted molar refractivity (Wildman–Crippen MR) is 114 cm³/mol. The topological polar surface area (TPSA) is 97.8 Å². The van der Waals surface area contributed by atoms with Gasteiger partial charge < -0.3 is 19.9 Å². The van der Waals surface area contributed by atoms with Crippen molar-refractivity contribution >= 4 is 11.9 Å². The Morgan fingerprint density at radius 1 is 1.19 bits per heavy atom. The number of aryl methyl sites for hydroxylation is 1. The Kier molecular flexibility index (Phi) is 5.52. The maximum Gasteiger partial charge on any atom is 0.339 e. The number of pyridine rings is 1. The number of ether oxygens (including phenoxy) is 2. The number of halogens is 1. The number of rotatable bonds is 5. The van der Waals surface area contributed by atoms with E-state index >= 15 is 0 Å². The number of benzene rings is 2. The van der Waals surface area contributed by atoms with Crippen LogP contribution < -0.4 is 14.8 Å². The molecule has 4 rings (SSSR count). The average molecular weight is 436 g/mol. The number of carboxylic acids is 1. The van der Waals surface area contributed by atoms with Gasteiger partial charge in [-0.15, -0.1) is 0 Å². The van der Waals surface area contributed by atoms with Gasteiger partial charge in [-0.25, -0.2) is 9.18 Å². The second kappa shape index (κ2) is 8.30. The minimum absolute atomic E-state index is 0.0448. The fraction of sp³-hybridized carbons (Fsp3) is 0.208. The Balaban J connectivity index is 1.87. The molecule has 164 valence electrons. The molecule has 0 aliphatic carbocycles. The molecule has 2 aromatic carbocycles. The van der Waals surface area contributed by atoms with Crippen molar-refractivity contribution in [1.29, 1.82) is 0 Å². The summed E-state index contributed by atoms with van der Waals surface area (Å²) in [5.74, 6) is -1.79. The highest BCUT2D eigenvalue weighted by Crippen LogP contribution is 2.41. The van der Waals surface area contributed by atoms with Crippen LogP contribution in [0.4, 0.5) is 4.39 Å². The van der Waals surface area contributed by atoms with Crippen LogP contribution in [0.2, 0.25) is 0 Å². The molecular formula is C24H21FN2O5. The lowest BCUT2D eigenvalue weighted by Gasteiger charge is -2.39. The van der Waals surface area contributed by atoms with E-state index in [9.17, 15) is 19.1 Å². The number of hydrogen-bond donors (Lipinski definition) is 2. The summed E-state index contributed by atoms with van der Waals surface area (Å²) in [6.07, 6.45) is 1.87. The number of nitrogens with one attached hydrogen (secondary N) is 1. The molecule has 1 amide bonds. The number of hydrogen-bond acceptors (Lipinski definition) is 5. The summed E-state index contributed by atoms with van der Waals surface area (Å²) in [7, 11) is 1.30. The van der Waals surface area contributed by atoms with Crippen LogP contribution in [-0.2, 0) is 5.54 Å². The zero-order chi connectivity index (χ0) is 22.9. The lowest BCUT2D eigenvalue weighted by molar-refractivity contribution is 0.0693. The van der Waals surface area contributed by atoms with Gasteiger partial charge in [-0.1, -0.05) is 18.2 Å². The number of carbonyl (C=O) groups is 2. The van der Waals surface area contributed by atoms with E-state index in [4.69, 9.17) is 9.47 Å². The van der Waals surface area contributed by atoms with Crippen LogP contribution in [0, 0.1) is 12.7 Å². The van der Waals surface area contributed by atoms with Crippen molar-refractivity contribution in [3.05, 3.63) is 88.5 Å².